The van der Waals surface area contributed by atoms with Gasteiger partial charge in [-0.25, -0.2) is 9.67 Å². The molecule has 2 aromatic heterocycles. The van der Waals surface area contributed by atoms with Crippen LogP contribution in [0.4, 0.5) is 0 Å². The van der Waals surface area contributed by atoms with E-state index in [0.717, 1.165) is 69.1 Å². The van der Waals surface area contributed by atoms with E-state index >= 15 is 0 Å². The topological polar surface area (TPSA) is 85.3 Å². The number of nitrogens with zero attached hydrogens (tertiary/aromatic N) is 4. The molecule has 1 N–H and O–H groups in total. The summed E-state index contributed by atoms with van der Waals surface area (Å²) < 4.78 is 13.3. The van der Waals surface area contributed by atoms with Crippen LogP contribution in [0.5, 0.6) is 5.75 Å². The van der Waals surface area contributed by atoms with Gasteiger partial charge in [0.2, 0.25) is 0 Å². The first-order valence-electron chi connectivity index (χ1n) is 11.8. The zero-order valence-electron chi connectivity index (χ0n) is 18.7. The summed E-state index contributed by atoms with van der Waals surface area (Å²) in [6, 6.07) is 8.10. The summed E-state index contributed by atoms with van der Waals surface area (Å²) in [6.07, 6.45) is 5.32. The van der Waals surface area contributed by atoms with Gasteiger partial charge >= 0.3 is 0 Å². The van der Waals surface area contributed by atoms with Crippen LogP contribution in [0.25, 0.3) is 22.4 Å². The molecule has 3 heterocycles. The number of aromatic amines is 1. The molecule has 1 aliphatic heterocycles. The zero-order valence-corrected chi connectivity index (χ0v) is 18.7. The predicted molar refractivity (Wildman–Crippen MR) is 123 cm³/mol. The fraction of sp³-hybridized carbons (Fsp3) is 0.542. The fourth-order valence-electron chi connectivity index (χ4n) is 4.73. The van der Waals surface area contributed by atoms with E-state index < -0.39 is 0 Å². The lowest BCUT2D eigenvalue weighted by Gasteiger charge is -2.26. The molecule has 1 saturated carbocycles. The van der Waals surface area contributed by atoms with Crippen LogP contribution in [0.15, 0.2) is 29.1 Å². The third-order valence-electron chi connectivity index (χ3n) is 6.55. The predicted octanol–water partition coefficient (Wildman–Crippen LogP) is 3.18. The molecule has 170 valence electrons. The van der Waals surface area contributed by atoms with Crippen molar-refractivity contribution >= 4 is 11.0 Å². The van der Waals surface area contributed by atoms with E-state index in [1.165, 1.54) is 12.8 Å². The Bertz CT molecular complexity index is 1110. The van der Waals surface area contributed by atoms with Crippen LogP contribution in [0.3, 0.4) is 0 Å². The minimum Gasteiger partial charge on any atom is -0.492 e. The largest absolute Gasteiger partial charge is 0.492 e. The molecule has 3 aromatic rings. The van der Waals surface area contributed by atoms with Gasteiger partial charge in [-0.15, -0.1) is 0 Å². The monoisotopic (exact) mass is 437 g/mol. The Balaban J connectivity index is 1.35. The number of ether oxygens (including phenoxy) is 2. The summed E-state index contributed by atoms with van der Waals surface area (Å²) in [5.74, 6) is 1.39. The first-order chi connectivity index (χ1) is 15.7. The molecular weight excluding hydrogens is 406 g/mol. The van der Waals surface area contributed by atoms with Crippen molar-refractivity contribution in [2.75, 3.05) is 39.5 Å². The van der Waals surface area contributed by atoms with Crippen molar-refractivity contribution in [2.45, 2.75) is 45.1 Å². The molecule has 1 saturated heterocycles. The molecule has 0 radical (unpaired) electrons. The Morgan fingerprint density at radius 3 is 2.62 bits per heavy atom. The Morgan fingerprint density at radius 1 is 1.16 bits per heavy atom. The highest BCUT2D eigenvalue weighted by Gasteiger charge is 2.24. The molecule has 0 amide bonds. The lowest BCUT2D eigenvalue weighted by Crippen LogP contribution is -2.38. The average molecular weight is 438 g/mol. The number of aryl methyl sites for hydroxylation is 1. The highest BCUT2D eigenvalue weighted by Crippen LogP contribution is 2.32. The molecule has 1 aliphatic carbocycles. The highest BCUT2D eigenvalue weighted by molar-refractivity contribution is 5.79. The van der Waals surface area contributed by atoms with Crippen molar-refractivity contribution in [2.24, 2.45) is 0 Å². The van der Waals surface area contributed by atoms with Crippen molar-refractivity contribution in [3.8, 4) is 17.1 Å². The molecule has 8 heteroatoms. The van der Waals surface area contributed by atoms with Crippen molar-refractivity contribution in [1.82, 2.24) is 24.6 Å². The molecule has 2 fully saturated rings. The van der Waals surface area contributed by atoms with Crippen LogP contribution in [0.2, 0.25) is 0 Å². The molecule has 32 heavy (non-hydrogen) atoms. The van der Waals surface area contributed by atoms with E-state index in [0.29, 0.717) is 29.5 Å². The number of hydrogen-bond acceptors (Lipinski definition) is 6. The molecule has 0 unspecified atom stereocenters. The second-order valence-corrected chi connectivity index (χ2v) is 8.62. The van der Waals surface area contributed by atoms with Crippen LogP contribution in [-0.4, -0.2) is 64.1 Å². The summed E-state index contributed by atoms with van der Waals surface area (Å²) in [5.41, 5.74) is 2.29. The molecule has 0 bridgehead atoms. The van der Waals surface area contributed by atoms with Crippen LogP contribution < -0.4 is 10.3 Å². The van der Waals surface area contributed by atoms with Gasteiger partial charge in [0.25, 0.3) is 5.56 Å². The zero-order chi connectivity index (χ0) is 21.9. The summed E-state index contributed by atoms with van der Waals surface area (Å²) in [6.45, 7) is 7.07. The van der Waals surface area contributed by atoms with Gasteiger partial charge in [0.15, 0.2) is 5.65 Å². The van der Waals surface area contributed by atoms with Gasteiger partial charge in [-0.05, 0) is 43.5 Å². The minimum absolute atomic E-state index is 0.114. The molecule has 2 aliphatic rings. The first-order valence-corrected chi connectivity index (χ1v) is 11.8. The number of nitrogens with one attached hydrogen (secondary N) is 1. The SMILES string of the molecule is CCc1nn(C2CCCC2)c2nc(-c3ccc(OCCN4CCOCC4)cc3)[nH]c(=O)c12. The lowest BCUT2D eigenvalue weighted by molar-refractivity contribution is 0.0322. The quantitative estimate of drug-likeness (QED) is 0.611. The number of benzene rings is 1. The van der Waals surface area contributed by atoms with E-state index in [-0.39, 0.29) is 5.56 Å². The number of H-pyrrole nitrogens is 1. The van der Waals surface area contributed by atoms with Gasteiger partial charge in [-0.2, -0.15) is 5.10 Å². The Morgan fingerprint density at radius 2 is 1.91 bits per heavy atom. The number of aromatic nitrogens is 4. The molecule has 0 spiro atoms. The molecule has 8 nitrogen and oxygen atoms in total. The van der Waals surface area contributed by atoms with Crippen molar-refractivity contribution in [3.63, 3.8) is 0 Å². The Hall–Kier alpha value is -2.71. The van der Waals surface area contributed by atoms with E-state index in [1.807, 2.05) is 35.9 Å². The highest BCUT2D eigenvalue weighted by atomic mass is 16.5. The number of hydrogen-bond donors (Lipinski definition) is 1. The number of fused-ring (bicyclic) bond motifs is 1. The van der Waals surface area contributed by atoms with E-state index in [2.05, 4.69) is 9.88 Å². The maximum absolute atomic E-state index is 13.0. The second-order valence-electron chi connectivity index (χ2n) is 8.62. The molecule has 1 aromatic carbocycles. The third-order valence-corrected chi connectivity index (χ3v) is 6.55. The normalized spacial score (nSPS) is 17.9. The third kappa shape index (κ3) is 4.29. The Kier molecular flexibility index (Phi) is 6.23. The number of morpholine rings is 1. The van der Waals surface area contributed by atoms with Gasteiger partial charge in [0, 0.05) is 25.2 Å². The molecular formula is C24H31N5O3. The van der Waals surface area contributed by atoms with Gasteiger partial charge in [-0.1, -0.05) is 19.8 Å². The van der Waals surface area contributed by atoms with E-state index in [9.17, 15) is 4.79 Å². The van der Waals surface area contributed by atoms with Gasteiger partial charge in [0.1, 0.15) is 23.6 Å². The van der Waals surface area contributed by atoms with Crippen LogP contribution in [0.1, 0.15) is 44.3 Å². The van der Waals surface area contributed by atoms with Gasteiger partial charge < -0.3 is 14.5 Å². The second kappa shape index (κ2) is 9.42. The van der Waals surface area contributed by atoms with Crippen molar-refractivity contribution in [1.29, 1.82) is 0 Å². The minimum atomic E-state index is -0.114. The molecule has 5 rings (SSSR count). The summed E-state index contributed by atoms with van der Waals surface area (Å²) >= 11 is 0. The van der Waals surface area contributed by atoms with Crippen molar-refractivity contribution in [3.05, 3.63) is 40.3 Å². The molecule has 0 atom stereocenters. The van der Waals surface area contributed by atoms with E-state index in [4.69, 9.17) is 19.6 Å². The Labute approximate surface area is 187 Å². The summed E-state index contributed by atoms with van der Waals surface area (Å²) in [5, 5.41) is 5.40. The summed E-state index contributed by atoms with van der Waals surface area (Å²) in [4.78, 5) is 23.1. The number of rotatable bonds is 7. The average Bonchev–Trinajstić information content (AvgIpc) is 3.48. The van der Waals surface area contributed by atoms with Crippen molar-refractivity contribution < 1.29 is 9.47 Å². The summed E-state index contributed by atoms with van der Waals surface area (Å²) in [7, 11) is 0. The van der Waals surface area contributed by atoms with Crippen LogP contribution in [-0.2, 0) is 11.2 Å². The standard InChI is InChI=1S/C24H31N5O3/c1-2-20-21-23(29(27-20)18-5-3-4-6-18)25-22(26-24(21)30)17-7-9-19(10-8-17)32-16-13-28-11-14-31-15-12-28/h7-10,18H,2-6,11-16H2,1H3,(H,25,26,30). The van der Waals surface area contributed by atoms with Gasteiger partial charge in [-0.3, -0.25) is 9.69 Å². The van der Waals surface area contributed by atoms with Crippen LogP contribution in [0, 0.1) is 0 Å². The fourth-order valence-corrected chi connectivity index (χ4v) is 4.73. The smallest absolute Gasteiger partial charge is 0.262 e. The van der Waals surface area contributed by atoms with Gasteiger partial charge in [0.05, 0.1) is 24.9 Å². The first kappa shape index (κ1) is 21.2. The van der Waals surface area contributed by atoms with E-state index in [1.54, 1.807) is 0 Å². The lowest BCUT2D eigenvalue weighted by atomic mass is 10.2. The maximum atomic E-state index is 13.0. The maximum Gasteiger partial charge on any atom is 0.262 e. The van der Waals surface area contributed by atoms with Crippen LogP contribution >= 0.6 is 0 Å².